The van der Waals surface area contributed by atoms with Crippen LogP contribution in [0.2, 0.25) is 0 Å². The molecule has 0 fully saturated rings. The first-order valence-corrected chi connectivity index (χ1v) is 3.56. The Hall–Kier alpha value is -1.64. The molecule has 12 heavy (non-hydrogen) atoms. The average molecular weight is 162 g/mol. The maximum atomic E-state index is 11.0. The van der Waals surface area contributed by atoms with Crippen LogP contribution in [-0.4, -0.2) is 12.0 Å². The molecule has 0 aromatic heterocycles. The van der Waals surface area contributed by atoms with Gasteiger partial charge in [0.25, 0.3) is 0 Å². The van der Waals surface area contributed by atoms with E-state index in [2.05, 4.69) is 0 Å². The molecule has 0 aliphatic carbocycles. The lowest BCUT2D eigenvalue weighted by molar-refractivity contribution is 0.101. The molecule has 62 valence electrons. The third kappa shape index (κ3) is 1.34. The van der Waals surface area contributed by atoms with E-state index in [0.29, 0.717) is 16.8 Å². The van der Waals surface area contributed by atoms with E-state index < -0.39 is 0 Å². The molecule has 3 nitrogen and oxygen atoms in total. The molecule has 0 atom stereocenters. The normalized spacial score (nSPS) is 9.42. The average Bonchev–Trinajstić information content (AvgIpc) is 2.04. The van der Waals surface area contributed by atoms with Crippen molar-refractivity contribution in [3.63, 3.8) is 0 Å². The lowest BCUT2D eigenvalue weighted by Gasteiger charge is -2.03. The minimum Gasteiger partial charge on any atom is -0.398 e. The highest BCUT2D eigenvalue weighted by Crippen LogP contribution is 2.15. The summed E-state index contributed by atoms with van der Waals surface area (Å²) in [6, 6.07) is 5.08. The summed E-state index contributed by atoms with van der Waals surface area (Å²) in [5, 5.41) is 7.01. The van der Waals surface area contributed by atoms with Crippen molar-refractivity contribution in [2.45, 2.75) is 6.92 Å². The Labute approximate surface area is 70.7 Å². The van der Waals surface area contributed by atoms with Gasteiger partial charge in [-0.25, -0.2) is 0 Å². The molecule has 1 aromatic rings. The fourth-order valence-corrected chi connectivity index (χ4v) is 1.02. The van der Waals surface area contributed by atoms with E-state index >= 15 is 0 Å². The summed E-state index contributed by atoms with van der Waals surface area (Å²) < 4.78 is 0. The fraction of sp³-hybridized carbons (Fsp3) is 0.111. The summed E-state index contributed by atoms with van der Waals surface area (Å²) in [6.45, 7) is 1.46. The van der Waals surface area contributed by atoms with Gasteiger partial charge in [0.1, 0.15) is 0 Å². The number of nitrogen functional groups attached to an aromatic ring is 1. The first-order chi connectivity index (χ1) is 5.66. The Balaban J connectivity index is 3.32. The summed E-state index contributed by atoms with van der Waals surface area (Å²) in [4.78, 5) is 11.0. The van der Waals surface area contributed by atoms with Crippen molar-refractivity contribution in [2.24, 2.45) is 0 Å². The monoisotopic (exact) mass is 162 g/mol. The fourth-order valence-electron chi connectivity index (χ4n) is 1.02. The van der Waals surface area contributed by atoms with Crippen LogP contribution in [0.1, 0.15) is 22.8 Å². The number of nitrogens with two attached hydrogens (primary N) is 1. The van der Waals surface area contributed by atoms with Gasteiger partial charge in [-0.2, -0.15) is 0 Å². The number of Topliss-reactive ketones (excluding diaryl/α,β-unsaturated/α-hetero) is 1. The molecule has 0 saturated carbocycles. The molecule has 1 aromatic carbocycles. The standard InChI is InChI=1S/C9H10N2O/c1-6(12)8-4-2-3-7(5-10)9(8)11/h2-5,10H,11H2,1H3. The van der Waals surface area contributed by atoms with Crippen LogP contribution in [0.5, 0.6) is 0 Å². The van der Waals surface area contributed by atoms with Crippen LogP contribution in [0.3, 0.4) is 0 Å². The molecule has 0 aliphatic heterocycles. The van der Waals surface area contributed by atoms with Gasteiger partial charge in [-0.05, 0) is 13.0 Å². The zero-order valence-corrected chi connectivity index (χ0v) is 6.79. The van der Waals surface area contributed by atoms with Crippen LogP contribution in [0.4, 0.5) is 5.69 Å². The first kappa shape index (κ1) is 8.46. The Morgan fingerprint density at radius 3 is 2.75 bits per heavy atom. The van der Waals surface area contributed by atoms with Gasteiger partial charge in [0, 0.05) is 17.3 Å². The lowest BCUT2D eigenvalue weighted by atomic mass is 10.1. The van der Waals surface area contributed by atoms with E-state index in [1.165, 1.54) is 6.92 Å². The summed E-state index contributed by atoms with van der Waals surface area (Å²) in [7, 11) is 0. The Kier molecular flexibility index (Phi) is 2.24. The van der Waals surface area contributed by atoms with Gasteiger partial charge >= 0.3 is 0 Å². The molecule has 3 N–H and O–H groups in total. The van der Waals surface area contributed by atoms with Gasteiger partial charge in [0.05, 0.1) is 5.69 Å². The van der Waals surface area contributed by atoms with Crippen molar-refractivity contribution in [2.75, 3.05) is 5.73 Å². The topological polar surface area (TPSA) is 66.9 Å². The largest absolute Gasteiger partial charge is 0.398 e. The number of hydrogen-bond donors (Lipinski definition) is 2. The van der Waals surface area contributed by atoms with E-state index in [1.807, 2.05) is 0 Å². The summed E-state index contributed by atoms with van der Waals surface area (Å²) >= 11 is 0. The third-order valence-corrected chi connectivity index (χ3v) is 1.67. The van der Waals surface area contributed by atoms with Gasteiger partial charge in [0.2, 0.25) is 0 Å². The number of hydrogen-bond acceptors (Lipinski definition) is 3. The Morgan fingerprint density at radius 1 is 1.58 bits per heavy atom. The molecule has 0 heterocycles. The van der Waals surface area contributed by atoms with Gasteiger partial charge in [-0.3, -0.25) is 4.79 Å². The van der Waals surface area contributed by atoms with Crippen LogP contribution in [0, 0.1) is 5.41 Å². The van der Waals surface area contributed by atoms with Crippen molar-refractivity contribution in [3.8, 4) is 0 Å². The number of anilines is 1. The maximum Gasteiger partial charge on any atom is 0.161 e. The summed E-state index contributed by atoms with van der Waals surface area (Å²) in [5.74, 6) is -0.0730. The number of ketones is 1. The molecule has 1 rings (SSSR count). The van der Waals surface area contributed by atoms with E-state index in [0.717, 1.165) is 6.21 Å². The highest BCUT2D eigenvalue weighted by atomic mass is 16.1. The molecule has 0 saturated heterocycles. The summed E-state index contributed by atoms with van der Waals surface area (Å²) in [6.07, 6.45) is 1.14. The number of carbonyl (C=O) groups is 1. The van der Waals surface area contributed by atoms with Crippen LogP contribution < -0.4 is 5.73 Å². The van der Waals surface area contributed by atoms with Gasteiger partial charge in [0.15, 0.2) is 5.78 Å². The van der Waals surface area contributed by atoms with E-state index in [-0.39, 0.29) is 5.78 Å². The second kappa shape index (κ2) is 3.17. The minimum atomic E-state index is -0.0730. The Morgan fingerprint density at radius 2 is 2.25 bits per heavy atom. The van der Waals surface area contributed by atoms with E-state index in [4.69, 9.17) is 11.1 Å². The van der Waals surface area contributed by atoms with Gasteiger partial charge in [-0.15, -0.1) is 0 Å². The molecule has 0 radical (unpaired) electrons. The van der Waals surface area contributed by atoms with Crippen molar-refractivity contribution >= 4 is 17.7 Å². The minimum absolute atomic E-state index is 0.0730. The van der Waals surface area contributed by atoms with Crippen LogP contribution in [-0.2, 0) is 0 Å². The number of carbonyl (C=O) groups excluding carboxylic acids is 1. The molecular formula is C9H10N2O. The molecule has 0 spiro atoms. The molecule has 0 amide bonds. The molecule has 3 heteroatoms. The van der Waals surface area contributed by atoms with E-state index in [1.54, 1.807) is 18.2 Å². The zero-order chi connectivity index (χ0) is 9.14. The van der Waals surface area contributed by atoms with Gasteiger partial charge < -0.3 is 11.1 Å². The number of rotatable bonds is 2. The zero-order valence-electron chi connectivity index (χ0n) is 6.79. The maximum absolute atomic E-state index is 11.0. The Bertz CT molecular complexity index is 331. The van der Waals surface area contributed by atoms with Crippen LogP contribution in [0.15, 0.2) is 18.2 Å². The van der Waals surface area contributed by atoms with Crippen molar-refractivity contribution in [3.05, 3.63) is 29.3 Å². The second-order valence-electron chi connectivity index (χ2n) is 2.51. The smallest absolute Gasteiger partial charge is 0.161 e. The SMILES string of the molecule is CC(=O)c1cccc(C=N)c1N. The third-order valence-electron chi connectivity index (χ3n) is 1.67. The quantitative estimate of drug-likeness (QED) is 0.393. The number of para-hydroxylation sites is 1. The number of benzene rings is 1. The first-order valence-electron chi connectivity index (χ1n) is 3.56. The van der Waals surface area contributed by atoms with Crippen molar-refractivity contribution in [1.82, 2.24) is 0 Å². The van der Waals surface area contributed by atoms with E-state index in [9.17, 15) is 4.79 Å². The predicted octanol–water partition coefficient (Wildman–Crippen LogP) is 1.47. The number of nitrogens with one attached hydrogen (secondary N) is 1. The van der Waals surface area contributed by atoms with Crippen LogP contribution >= 0.6 is 0 Å². The molecule has 0 bridgehead atoms. The second-order valence-corrected chi connectivity index (χ2v) is 2.51. The van der Waals surface area contributed by atoms with Crippen molar-refractivity contribution < 1.29 is 4.79 Å². The molecule has 0 aliphatic rings. The molecule has 0 unspecified atom stereocenters. The highest BCUT2D eigenvalue weighted by molar-refractivity contribution is 6.02. The lowest BCUT2D eigenvalue weighted by Crippen LogP contribution is -2.02. The van der Waals surface area contributed by atoms with Gasteiger partial charge in [-0.1, -0.05) is 12.1 Å². The summed E-state index contributed by atoms with van der Waals surface area (Å²) in [5.41, 5.74) is 7.08. The highest BCUT2D eigenvalue weighted by Gasteiger charge is 2.05. The van der Waals surface area contributed by atoms with Crippen molar-refractivity contribution in [1.29, 1.82) is 5.41 Å². The molecular weight excluding hydrogens is 152 g/mol. The van der Waals surface area contributed by atoms with Crippen LogP contribution in [0.25, 0.3) is 0 Å². The predicted molar refractivity (Wildman–Crippen MR) is 48.7 cm³/mol.